The third kappa shape index (κ3) is 1.45. The van der Waals surface area contributed by atoms with Crippen molar-refractivity contribution in [3.05, 3.63) is 11.3 Å². The zero-order valence-corrected chi connectivity index (χ0v) is 7.19. The smallest absolute Gasteiger partial charge is 0.179 e. The van der Waals surface area contributed by atoms with Gasteiger partial charge in [0.25, 0.3) is 0 Å². The highest BCUT2D eigenvalue weighted by Gasteiger charge is 2.21. The van der Waals surface area contributed by atoms with Crippen LogP contribution < -0.4 is 5.73 Å². The van der Waals surface area contributed by atoms with Crippen LogP contribution in [-0.4, -0.2) is 11.5 Å². The van der Waals surface area contributed by atoms with Crippen LogP contribution in [0, 0.1) is 0 Å². The Bertz CT molecular complexity index is 255. The molecule has 1 rings (SSSR count). The van der Waals surface area contributed by atoms with E-state index in [0.717, 1.165) is 11.3 Å². The molecule has 0 saturated carbocycles. The van der Waals surface area contributed by atoms with E-state index in [-0.39, 0.29) is 5.78 Å². The van der Waals surface area contributed by atoms with Gasteiger partial charge in [-0.3, -0.25) is 4.79 Å². The molecule has 0 unspecified atom stereocenters. The van der Waals surface area contributed by atoms with Gasteiger partial charge in [-0.2, -0.15) is 0 Å². The molecule has 0 saturated heterocycles. The molecular weight excluding hydrogens is 160 g/mol. The number of nitrogens with two attached hydrogens (primary N) is 1. The number of thiol groups is 1. The first-order valence-corrected chi connectivity index (χ1v) is 3.77. The highest BCUT2D eigenvalue weighted by molar-refractivity contribution is 7.79. The summed E-state index contributed by atoms with van der Waals surface area (Å²) in [7, 11) is 0. The average molecular weight is 170 g/mol. The fourth-order valence-corrected chi connectivity index (χ4v) is 1.23. The highest BCUT2D eigenvalue weighted by Crippen LogP contribution is 2.20. The van der Waals surface area contributed by atoms with Crippen molar-refractivity contribution in [1.29, 1.82) is 0 Å². The topological polar surface area (TPSA) is 55.4 Å². The van der Waals surface area contributed by atoms with Crippen LogP contribution >= 0.6 is 12.8 Å². The minimum Gasteiger partial charge on any atom is -0.396 e. The lowest BCUT2D eigenvalue weighted by atomic mass is 10.1. The molecule has 0 spiro atoms. The second kappa shape index (κ2) is 3.09. The number of rotatable bonds is 1. The van der Waals surface area contributed by atoms with E-state index in [9.17, 15) is 4.79 Å². The summed E-state index contributed by atoms with van der Waals surface area (Å²) in [6.07, 6.45) is 1.22. The lowest BCUT2D eigenvalue weighted by molar-refractivity contribution is -0.114. The fourth-order valence-electron chi connectivity index (χ4n) is 1.11. The van der Waals surface area contributed by atoms with Crippen LogP contribution in [0.15, 0.2) is 15.7 Å². The zero-order chi connectivity index (χ0) is 8.43. The maximum Gasteiger partial charge on any atom is 0.179 e. The van der Waals surface area contributed by atoms with E-state index in [4.69, 9.17) is 5.73 Å². The Labute approximate surface area is 70.9 Å². The summed E-state index contributed by atoms with van der Waals surface area (Å²) < 4.78 is 3.68. The van der Waals surface area contributed by atoms with Gasteiger partial charge in [0.15, 0.2) is 5.78 Å². The number of carbonyl (C=O) groups excluding carboxylic acids is 1. The predicted octanol–water partition coefficient (Wildman–Crippen LogP) is 0.868. The minimum atomic E-state index is 0.0244. The molecule has 0 aliphatic heterocycles. The fraction of sp³-hybridized carbons (Fsp3) is 0.429. The molecule has 0 aromatic carbocycles. The molecule has 3 nitrogen and oxygen atoms in total. The van der Waals surface area contributed by atoms with Crippen LogP contribution in [-0.2, 0) is 4.79 Å². The van der Waals surface area contributed by atoms with Crippen molar-refractivity contribution >= 4 is 24.3 Å². The zero-order valence-electron chi connectivity index (χ0n) is 6.29. The van der Waals surface area contributed by atoms with E-state index in [0.29, 0.717) is 18.5 Å². The quantitative estimate of drug-likeness (QED) is 0.453. The maximum atomic E-state index is 10.9. The van der Waals surface area contributed by atoms with Crippen LogP contribution in [0.1, 0.15) is 19.8 Å². The van der Waals surface area contributed by atoms with E-state index >= 15 is 0 Å². The van der Waals surface area contributed by atoms with Crippen molar-refractivity contribution in [2.45, 2.75) is 19.8 Å². The third-order valence-electron chi connectivity index (χ3n) is 1.81. The van der Waals surface area contributed by atoms with E-state index in [1.165, 1.54) is 0 Å². The predicted molar refractivity (Wildman–Crippen MR) is 47.5 cm³/mol. The molecule has 0 radical (unpaired) electrons. The number of allylic oxidation sites excluding steroid dienone is 2. The van der Waals surface area contributed by atoms with Gasteiger partial charge in [-0.05, 0) is 26.2 Å². The summed E-state index contributed by atoms with van der Waals surface area (Å²) in [5.41, 5.74) is 7.47. The van der Waals surface area contributed by atoms with Crippen molar-refractivity contribution in [3.63, 3.8) is 0 Å². The van der Waals surface area contributed by atoms with Crippen LogP contribution in [0.5, 0.6) is 0 Å². The van der Waals surface area contributed by atoms with Crippen molar-refractivity contribution < 1.29 is 4.79 Å². The summed E-state index contributed by atoms with van der Waals surface area (Å²) in [6.45, 7) is 1.80. The minimum absolute atomic E-state index is 0.0244. The molecule has 0 aromatic rings. The number of ketones is 1. The summed E-state index contributed by atoms with van der Waals surface area (Å²) in [5.74, 6) is 0.0244. The molecule has 2 N–H and O–H groups in total. The van der Waals surface area contributed by atoms with Gasteiger partial charge in [0.2, 0.25) is 0 Å². The first kappa shape index (κ1) is 8.33. The highest BCUT2D eigenvalue weighted by atomic mass is 32.1. The summed E-state index contributed by atoms with van der Waals surface area (Å²) in [6, 6.07) is 0. The van der Waals surface area contributed by atoms with E-state index < -0.39 is 0 Å². The second-order valence-corrected chi connectivity index (χ2v) is 2.70. The van der Waals surface area contributed by atoms with Crippen molar-refractivity contribution in [3.8, 4) is 0 Å². The first-order valence-electron chi connectivity index (χ1n) is 3.37. The molecule has 4 heteroatoms. The van der Waals surface area contributed by atoms with Gasteiger partial charge in [-0.25, -0.2) is 4.40 Å². The molecule has 0 atom stereocenters. The number of hydrogen-bond donors (Lipinski definition) is 2. The van der Waals surface area contributed by atoms with Gasteiger partial charge in [-0.15, -0.1) is 0 Å². The Kier molecular flexibility index (Phi) is 2.34. The monoisotopic (exact) mass is 170 g/mol. The van der Waals surface area contributed by atoms with E-state index in [2.05, 4.69) is 17.2 Å². The van der Waals surface area contributed by atoms with Crippen LogP contribution in [0.25, 0.3) is 0 Å². The van der Waals surface area contributed by atoms with Gasteiger partial charge in [-0.1, -0.05) is 0 Å². The van der Waals surface area contributed by atoms with Crippen LogP contribution in [0.3, 0.4) is 0 Å². The molecule has 1 aliphatic carbocycles. The van der Waals surface area contributed by atoms with Crippen molar-refractivity contribution in [2.75, 3.05) is 0 Å². The largest absolute Gasteiger partial charge is 0.396 e. The normalized spacial score (nSPS) is 19.8. The van der Waals surface area contributed by atoms with Crippen molar-refractivity contribution in [1.82, 2.24) is 0 Å². The lowest BCUT2D eigenvalue weighted by Crippen LogP contribution is -2.08. The van der Waals surface area contributed by atoms with Crippen molar-refractivity contribution in [2.24, 2.45) is 10.1 Å². The Balaban J connectivity index is 2.97. The van der Waals surface area contributed by atoms with Gasteiger partial charge in [0, 0.05) is 12.0 Å². The maximum absolute atomic E-state index is 10.9. The Morgan fingerprint density at radius 3 is 2.64 bits per heavy atom. The molecule has 0 fully saturated rings. The molecule has 0 heterocycles. The van der Waals surface area contributed by atoms with Gasteiger partial charge >= 0.3 is 0 Å². The van der Waals surface area contributed by atoms with E-state index in [1.807, 2.05) is 0 Å². The first-order chi connectivity index (χ1) is 5.16. The van der Waals surface area contributed by atoms with Gasteiger partial charge < -0.3 is 5.73 Å². The van der Waals surface area contributed by atoms with Crippen LogP contribution in [0.4, 0.5) is 0 Å². The third-order valence-corrected chi connectivity index (χ3v) is 2.11. The number of Topliss-reactive ketones (excluding diaryl/α,β-unsaturated/α-hetero) is 1. The standard InChI is InChI=1S/C7H10N2OS/c1-4(9-11)5-2-3-6(10)7(5)8/h11H,2-3,8H2,1H3/b9-4+. The molecule has 0 amide bonds. The summed E-state index contributed by atoms with van der Waals surface area (Å²) in [4.78, 5) is 10.9. The lowest BCUT2D eigenvalue weighted by Gasteiger charge is -1.98. The molecule has 0 aromatic heterocycles. The summed E-state index contributed by atoms with van der Waals surface area (Å²) >= 11 is 3.75. The van der Waals surface area contributed by atoms with Gasteiger partial charge in [0.1, 0.15) is 0 Å². The average Bonchev–Trinajstić information content (AvgIpc) is 2.32. The second-order valence-electron chi connectivity index (χ2n) is 2.50. The number of nitrogens with zero attached hydrogens (tertiary/aromatic N) is 1. The molecule has 1 aliphatic rings. The molecule has 0 bridgehead atoms. The molecular formula is C7H10N2OS. The molecule has 11 heavy (non-hydrogen) atoms. The van der Waals surface area contributed by atoms with E-state index in [1.54, 1.807) is 6.92 Å². The molecule has 60 valence electrons. The Hall–Kier alpha value is -0.770. The Morgan fingerprint density at radius 2 is 2.27 bits per heavy atom. The number of hydrogen-bond acceptors (Lipinski definition) is 4. The van der Waals surface area contributed by atoms with Gasteiger partial charge in [0.05, 0.1) is 11.4 Å². The summed E-state index contributed by atoms with van der Waals surface area (Å²) in [5, 5.41) is 0. The number of carbonyl (C=O) groups is 1. The van der Waals surface area contributed by atoms with Crippen LogP contribution in [0.2, 0.25) is 0 Å². The SMILES string of the molecule is C/C(=N\S)C1=C(N)C(=O)CC1. The Morgan fingerprint density at radius 1 is 1.64 bits per heavy atom.